The number of hydrogen-bond donors (Lipinski definition) is 0. The van der Waals surface area contributed by atoms with E-state index in [1.165, 1.54) is 16.5 Å². The van der Waals surface area contributed by atoms with E-state index in [1.54, 1.807) is 0 Å². The fourth-order valence-electron chi connectivity index (χ4n) is 6.49. The minimum Gasteiger partial charge on any atom is -0.456 e. The average molecular weight is 552 g/mol. The molecule has 0 atom stereocenters. The van der Waals surface area contributed by atoms with Gasteiger partial charge in [-0.1, -0.05) is 78.9 Å². The molecule has 43 heavy (non-hydrogen) atoms. The minimum atomic E-state index is 0.871. The van der Waals surface area contributed by atoms with Gasteiger partial charge >= 0.3 is 0 Å². The molecular formula is C40H25NO2. The van der Waals surface area contributed by atoms with E-state index in [1.807, 2.05) is 18.2 Å². The molecule has 0 aliphatic rings. The third-order valence-electron chi connectivity index (χ3n) is 8.46. The average Bonchev–Trinajstić information content (AvgIpc) is 3.64. The molecule has 0 saturated carbocycles. The van der Waals surface area contributed by atoms with Crippen LogP contribution in [-0.4, -0.2) is 0 Å². The van der Waals surface area contributed by atoms with Crippen molar-refractivity contribution in [1.29, 1.82) is 0 Å². The molecule has 2 heterocycles. The van der Waals surface area contributed by atoms with Crippen LogP contribution >= 0.6 is 0 Å². The predicted octanol–water partition coefficient (Wildman–Crippen LogP) is 11.8. The van der Waals surface area contributed by atoms with Gasteiger partial charge in [-0.2, -0.15) is 0 Å². The number of hydrogen-bond acceptors (Lipinski definition) is 3. The second-order valence-corrected chi connectivity index (χ2v) is 10.9. The van der Waals surface area contributed by atoms with Gasteiger partial charge < -0.3 is 13.7 Å². The summed E-state index contributed by atoms with van der Waals surface area (Å²) in [5.74, 6) is 0. The van der Waals surface area contributed by atoms with E-state index < -0.39 is 0 Å². The lowest BCUT2D eigenvalue weighted by Gasteiger charge is -2.25. The van der Waals surface area contributed by atoms with Gasteiger partial charge in [-0.3, -0.25) is 0 Å². The maximum absolute atomic E-state index is 6.41. The standard InChI is InChI=1S/C40H25NO2/c1-3-9-26(10-4-1)27-15-17-29(18-16-27)41(28-11-5-2-6-12-28)30-19-22-36-34(25-30)40-32-21-23-37-39(31(32)20-24-38(40)43-36)33-13-7-8-14-35(33)42-37/h1-25H. The van der Waals surface area contributed by atoms with Gasteiger partial charge in [0.05, 0.1) is 0 Å². The van der Waals surface area contributed by atoms with E-state index in [4.69, 9.17) is 8.83 Å². The van der Waals surface area contributed by atoms with Crippen molar-refractivity contribution >= 4 is 71.7 Å². The van der Waals surface area contributed by atoms with Crippen LogP contribution in [0.2, 0.25) is 0 Å². The molecule has 0 unspecified atom stereocenters. The first-order valence-electron chi connectivity index (χ1n) is 14.5. The summed E-state index contributed by atoms with van der Waals surface area (Å²) in [5, 5.41) is 6.81. The molecule has 7 aromatic carbocycles. The van der Waals surface area contributed by atoms with E-state index in [0.717, 1.165) is 66.3 Å². The topological polar surface area (TPSA) is 29.5 Å². The van der Waals surface area contributed by atoms with Crippen molar-refractivity contribution < 1.29 is 8.83 Å². The lowest BCUT2D eigenvalue weighted by molar-refractivity contribution is 0.668. The van der Waals surface area contributed by atoms with Crippen LogP contribution in [0, 0.1) is 0 Å². The van der Waals surface area contributed by atoms with Gasteiger partial charge in [0.15, 0.2) is 0 Å². The van der Waals surface area contributed by atoms with Gasteiger partial charge in [0, 0.05) is 38.6 Å². The molecule has 3 heteroatoms. The molecular weight excluding hydrogens is 526 g/mol. The van der Waals surface area contributed by atoms with Crippen molar-refractivity contribution in [2.75, 3.05) is 4.90 Å². The van der Waals surface area contributed by atoms with Gasteiger partial charge in [0.2, 0.25) is 0 Å². The quantitative estimate of drug-likeness (QED) is 0.218. The second kappa shape index (κ2) is 9.37. The molecule has 2 aromatic heterocycles. The number of fused-ring (bicyclic) bond motifs is 9. The Bertz CT molecular complexity index is 2440. The van der Waals surface area contributed by atoms with Gasteiger partial charge in [0.1, 0.15) is 22.3 Å². The summed E-state index contributed by atoms with van der Waals surface area (Å²) in [6.45, 7) is 0. The van der Waals surface area contributed by atoms with Crippen molar-refractivity contribution in [1.82, 2.24) is 0 Å². The van der Waals surface area contributed by atoms with Crippen molar-refractivity contribution in [2.45, 2.75) is 0 Å². The van der Waals surface area contributed by atoms with Gasteiger partial charge in [0.25, 0.3) is 0 Å². The highest BCUT2D eigenvalue weighted by Crippen LogP contribution is 2.43. The van der Waals surface area contributed by atoms with Crippen LogP contribution in [0.15, 0.2) is 160 Å². The molecule has 0 spiro atoms. The highest BCUT2D eigenvalue weighted by molar-refractivity contribution is 6.27. The molecule has 0 aliphatic heterocycles. The molecule has 0 aliphatic carbocycles. The van der Waals surface area contributed by atoms with Crippen molar-refractivity contribution in [2.24, 2.45) is 0 Å². The largest absolute Gasteiger partial charge is 0.456 e. The molecule has 0 amide bonds. The summed E-state index contributed by atoms with van der Waals surface area (Å²) in [7, 11) is 0. The van der Waals surface area contributed by atoms with Crippen LogP contribution < -0.4 is 4.90 Å². The zero-order chi connectivity index (χ0) is 28.3. The van der Waals surface area contributed by atoms with E-state index >= 15 is 0 Å². The molecule has 0 N–H and O–H groups in total. The molecule has 9 rings (SSSR count). The number of anilines is 3. The highest BCUT2D eigenvalue weighted by Gasteiger charge is 2.18. The smallest absolute Gasteiger partial charge is 0.136 e. The first-order valence-corrected chi connectivity index (χ1v) is 14.5. The molecule has 0 saturated heterocycles. The lowest BCUT2D eigenvalue weighted by atomic mass is 9.99. The second-order valence-electron chi connectivity index (χ2n) is 10.9. The maximum Gasteiger partial charge on any atom is 0.136 e. The van der Waals surface area contributed by atoms with Gasteiger partial charge in [-0.05, 0) is 94.7 Å². The van der Waals surface area contributed by atoms with Crippen LogP contribution in [0.3, 0.4) is 0 Å². The Kier molecular flexibility index (Phi) is 5.20. The Labute approximate surface area is 247 Å². The number of benzene rings is 7. The summed E-state index contributed by atoms with van der Waals surface area (Å²) in [6.07, 6.45) is 0. The first kappa shape index (κ1) is 23.9. The Balaban J connectivity index is 1.26. The fourth-order valence-corrected chi connectivity index (χ4v) is 6.49. The van der Waals surface area contributed by atoms with E-state index in [0.29, 0.717) is 0 Å². The lowest BCUT2D eigenvalue weighted by Crippen LogP contribution is -2.09. The third kappa shape index (κ3) is 3.75. The van der Waals surface area contributed by atoms with Gasteiger partial charge in [-0.15, -0.1) is 0 Å². The molecule has 9 aromatic rings. The maximum atomic E-state index is 6.41. The Hall–Kier alpha value is -5.80. The zero-order valence-electron chi connectivity index (χ0n) is 23.2. The third-order valence-corrected chi connectivity index (χ3v) is 8.46. The normalized spacial score (nSPS) is 11.7. The van der Waals surface area contributed by atoms with Crippen LogP contribution in [0.5, 0.6) is 0 Å². The minimum absolute atomic E-state index is 0.871. The number of para-hydroxylation sites is 2. The first-order chi connectivity index (χ1) is 21.3. The van der Waals surface area contributed by atoms with Crippen molar-refractivity contribution in [3.8, 4) is 11.1 Å². The number of furan rings is 2. The summed E-state index contributed by atoms with van der Waals surface area (Å²) in [4.78, 5) is 2.31. The molecule has 0 bridgehead atoms. The van der Waals surface area contributed by atoms with Crippen molar-refractivity contribution in [3.05, 3.63) is 152 Å². The molecule has 3 nitrogen and oxygen atoms in total. The van der Waals surface area contributed by atoms with Crippen LogP contribution in [0.4, 0.5) is 17.1 Å². The Morgan fingerprint density at radius 3 is 1.56 bits per heavy atom. The highest BCUT2D eigenvalue weighted by atomic mass is 16.3. The number of nitrogens with zero attached hydrogens (tertiary/aromatic N) is 1. The zero-order valence-corrected chi connectivity index (χ0v) is 23.2. The SMILES string of the molecule is c1ccc(-c2ccc(N(c3ccccc3)c3ccc4oc5ccc6c(ccc7oc8ccccc8c76)c5c4c3)cc2)cc1. The van der Waals surface area contributed by atoms with Crippen molar-refractivity contribution in [3.63, 3.8) is 0 Å². The molecule has 202 valence electrons. The summed E-state index contributed by atoms with van der Waals surface area (Å²) in [6, 6.07) is 53.1. The Morgan fingerprint density at radius 2 is 0.837 bits per heavy atom. The molecule has 0 radical (unpaired) electrons. The van der Waals surface area contributed by atoms with E-state index in [9.17, 15) is 0 Å². The molecule has 0 fully saturated rings. The Morgan fingerprint density at radius 1 is 0.326 bits per heavy atom. The predicted molar refractivity (Wildman–Crippen MR) is 179 cm³/mol. The summed E-state index contributed by atoms with van der Waals surface area (Å²) in [5.41, 5.74) is 9.21. The van der Waals surface area contributed by atoms with Crippen LogP contribution in [-0.2, 0) is 0 Å². The van der Waals surface area contributed by atoms with Crippen LogP contribution in [0.25, 0.3) is 65.8 Å². The van der Waals surface area contributed by atoms with E-state index in [2.05, 4.69) is 138 Å². The van der Waals surface area contributed by atoms with E-state index in [-0.39, 0.29) is 0 Å². The van der Waals surface area contributed by atoms with Crippen LogP contribution in [0.1, 0.15) is 0 Å². The summed E-state index contributed by atoms with van der Waals surface area (Å²) >= 11 is 0. The monoisotopic (exact) mass is 551 g/mol. The van der Waals surface area contributed by atoms with Gasteiger partial charge in [-0.25, -0.2) is 0 Å². The number of rotatable bonds is 4. The summed E-state index contributed by atoms with van der Waals surface area (Å²) < 4.78 is 12.6. The fraction of sp³-hybridized carbons (Fsp3) is 0.